The van der Waals surface area contributed by atoms with Crippen LogP contribution in [-0.2, 0) is 14.2 Å². The number of nitrogens with one attached hydrogen (secondary N) is 1. The topological polar surface area (TPSA) is 94.1 Å². The summed E-state index contributed by atoms with van der Waals surface area (Å²) in [6.45, 7) is -0.319. The molecular formula is C7H13NO6. The largest absolute Gasteiger partial charge is 0.508 e. The third-order valence-corrected chi connectivity index (χ3v) is 1.23. The number of aliphatic hydroxyl groups is 1. The maximum Gasteiger partial charge on any atom is 0.508 e. The van der Waals surface area contributed by atoms with Crippen LogP contribution in [0.2, 0.25) is 0 Å². The van der Waals surface area contributed by atoms with Gasteiger partial charge >= 0.3 is 12.2 Å². The SMILES string of the molecule is COC(=O)NCC(O)COC(=O)OC. The number of carbonyl (C=O) groups is 2. The summed E-state index contributed by atoms with van der Waals surface area (Å²) < 4.78 is 12.8. The first kappa shape index (κ1) is 12.5. The molecular weight excluding hydrogens is 194 g/mol. The molecule has 82 valence electrons. The van der Waals surface area contributed by atoms with Crippen LogP contribution in [0, 0.1) is 0 Å². The number of hydrogen-bond acceptors (Lipinski definition) is 6. The van der Waals surface area contributed by atoms with Gasteiger partial charge in [0.1, 0.15) is 12.7 Å². The van der Waals surface area contributed by atoms with Crippen LogP contribution in [0.1, 0.15) is 0 Å². The monoisotopic (exact) mass is 207 g/mol. The van der Waals surface area contributed by atoms with Gasteiger partial charge in [0.05, 0.1) is 20.8 Å². The summed E-state index contributed by atoms with van der Waals surface area (Å²) in [5.74, 6) is 0. The number of aliphatic hydroxyl groups excluding tert-OH is 1. The zero-order valence-electron chi connectivity index (χ0n) is 7.98. The van der Waals surface area contributed by atoms with Crippen molar-refractivity contribution in [1.29, 1.82) is 0 Å². The maximum absolute atomic E-state index is 10.5. The molecule has 0 saturated carbocycles. The lowest BCUT2D eigenvalue weighted by Gasteiger charge is -2.10. The molecule has 0 bridgehead atoms. The van der Waals surface area contributed by atoms with Crippen LogP contribution in [0.15, 0.2) is 0 Å². The van der Waals surface area contributed by atoms with Gasteiger partial charge in [0.2, 0.25) is 0 Å². The summed E-state index contributed by atoms with van der Waals surface area (Å²) in [5, 5.41) is 11.4. The smallest absolute Gasteiger partial charge is 0.453 e. The van der Waals surface area contributed by atoms with Gasteiger partial charge in [0.15, 0.2) is 0 Å². The lowest BCUT2D eigenvalue weighted by molar-refractivity contribution is 0.0296. The molecule has 1 atom stereocenters. The summed E-state index contributed by atoms with van der Waals surface area (Å²) in [5.41, 5.74) is 0. The zero-order valence-corrected chi connectivity index (χ0v) is 7.98. The van der Waals surface area contributed by atoms with Crippen molar-refractivity contribution in [1.82, 2.24) is 5.32 Å². The Bertz CT molecular complexity index is 175. The molecule has 0 aromatic carbocycles. The van der Waals surface area contributed by atoms with Crippen LogP contribution in [-0.4, -0.2) is 50.8 Å². The highest BCUT2D eigenvalue weighted by Gasteiger charge is 2.09. The first-order chi connectivity index (χ1) is 6.60. The normalized spacial score (nSPS) is 11.4. The molecule has 0 radical (unpaired) electrons. The Morgan fingerprint density at radius 3 is 2.50 bits per heavy atom. The van der Waals surface area contributed by atoms with Crippen molar-refractivity contribution in [2.75, 3.05) is 27.4 Å². The third-order valence-electron chi connectivity index (χ3n) is 1.23. The highest BCUT2D eigenvalue weighted by molar-refractivity contribution is 5.66. The Hall–Kier alpha value is -1.50. The molecule has 1 amide bonds. The molecule has 1 unspecified atom stereocenters. The van der Waals surface area contributed by atoms with Crippen LogP contribution in [0.5, 0.6) is 0 Å². The average molecular weight is 207 g/mol. The van der Waals surface area contributed by atoms with Crippen molar-refractivity contribution in [3.63, 3.8) is 0 Å². The van der Waals surface area contributed by atoms with E-state index in [0.29, 0.717) is 0 Å². The summed E-state index contributed by atoms with van der Waals surface area (Å²) in [6.07, 6.45) is -2.54. The van der Waals surface area contributed by atoms with Crippen LogP contribution in [0.3, 0.4) is 0 Å². The Labute approximate surface area is 80.9 Å². The molecule has 0 rings (SSSR count). The van der Waals surface area contributed by atoms with E-state index in [-0.39, 0.29) is 13.2 Å². The lowest BCUT2D eigenvalue weighted by Crippen LogP contribution is -2.34. The Balaban J connectivity index is 3.50. The summed E-state index contributed by atoms with van der Waals surface area (Å²) in [7, 11) is 2.36. The number of ether oxygens (including phenoxy) is 3. The molecule has 0 saturated heterocycles. The van der Waals surface area contributed by atoms with Crippen LogP contribution in [0.25, 0.3) is 0 Å². The van der Waals surface area contributed by atoms with Gasteiger partial charge in [-0.05, 0) is 0 Å². The number of alkyl carbamates (subject to hydrolysis) is 1. The average Bonchev–Trinajstić information content (AvgIpc) is 2.22. The van der Waals surface area contributed by atoms with E-state index in [1.807, 2.05) is 0 Å². The van der Waals surface area contributed by atoms with E-state index < -0.39 is 18.4 Å². The van der Waals surface area contributed by atoms with E-state index in [9.17, 15) is 9.59 Å². The standard InChI is InChI=1S/C7H13NO6/c1-12-6(10)8-3-5(9)4-14-7(11)13-2/h5,9H,3-4H2,1-2H3,(H,8,10). The fourth-order valence-electron chi connectivity index (χ4n) is 0.555. The summed E-state index contributed by atoms with van der Waals surface area (Å²) >= 11 is 0. The van der Waals surface area contributed by atoms with Gasteiger partial charge in [-0.15, -0.1) is 0 Å². The molecule has 0 aliphatic heterocycles. The van der Waals surface area contributed by atoms with Gasteiger partial charge < -0.3 is 24.6 Å². The number of rotatable bonds is 4. The van der Waals surface area contributed by atoms with E-state index in [4.69, 9.17) is 5.11 Å². The highest BCUT2D eigenvalue weighted by atomic mass is 16.7. The third kappa shape index (κ3) is 6.06. The summed E-state index contributed by atoms with van der Waals surface area (Å²) in [4.78, 5) is 21.0. The molecule has 0 aromatic heterocycles. The molecule has 0 spiro atoms. The van der Waals surface area contributed by atoms with Gasteiger partial charge in [-0.25, -0.2) is 9.59 Å². The Morgan fingerprint density at radius 2 is 2.00 bits per heavy atom. The lowest BCUT2D eigenvalue weighted by atomic mass is 10.4. The quantitative estimate of drug-likeness (QED) is 0.603. The van der Waals surface area contributed by atoms with Gasteiger partial charge in [0, 0.05) is 0 Å². The molecule has 0 heterocycles. The van der Waals surface area contributed by atoms with E-state index in [0.717, 1.165) is 7.11 Å². The number of hydrogen-bond donors (Lipinski definition) is 2. The van der Waals surface area contributed by atoms with E-state index >= 15 is 0 Å². The van der Waals surface area contributed by atoms with Gasteiger partial charge in [-0.1, -0.05) is 0 Å². The minimum absolute atomic E-state index is 0.0658. The van der Waals surface area contributed by atoms with E-state index in [2.05, 4.69) is 19.5 Å². The molecule has 0 aliphatic carbocycles. The zero-order chi connectivity index (χ0) is 11.0. The summed E-state index contributed by atoms with van der Waals surface area (Å²) in [6, 6.07) is 0. The fraction of sp³-hybridized carbons (Fsp3) is 0.714. The highest BCUT2D eigenvalue weighted by Crippen LogP contribution is 1.87. The van der Waals surface area contributed by atoms with Gasteiger partial charge in [-0.3, -0.25) is 0 Å². The molecule has 2 N–H and O–H groups in total. The second-order valence-electron chi connectivity index (χ2n) is 2.29. The fourth-order valence-corrected chi connectivity index (χ4v) is 0.555. The second-order valence-corrected chi connectivity index (χ2v) is 2.29. The Morgan fingerprint density at radius 1 is 1.36 bits per heavy atom. The van der Waals surface area contributed by atoms with Crippen molar-refractivity contribution >= 4 is 12.2 Å². The number of methoxy groups -OCH3 is 2. The maximum atomic E-state index is 10.5. The van der Waals surface area contributed by atoms with Crippen molar-refractivity contribution in [3.05, 3.63) is 0 Å². The minimum atomic E-state index is -0.992. The number of carbonyl (C=O) groups excluding carboxylic acids is 2. The molecule has 0 aromatic rings. The van der Waals surface area contributed by atoms with E-state index in [1.54, 1.807) is 0 Å². The van der Waals surface area contributed by atoms with Crippen LogP contribution >= 0.6 is 0 Å². The van der Waals surface area contributed by atoms with Gasteiger partial charge in [0.25, 0.3) is 0 Å². The van der Waals surface area contributed by atoms with Crippen LogP contribution < -0.4 is 5.32 Å². The first-order valence-electron chi connectivity index (χ1n) is 3.80. The Kier molecular flexibility index (Phi) is 6.21. The number of amides is 1. The molecule has 7 nitrogen and oxygen atoms in total. The first-order valence-corrected chi connectivity index (χ1v) is 3.80. The van der Waals surface area contributed by atoms with Crippen LogP contribution in [0.4, 0.5) is 9.59 Å². The molecule has 0 fully saturated rings. The van der Waals surface area contributed by atoms with Crippen molar-refractivity contribution in [2.45, 2.75) is 6.10 Å². The van der Waals surface area contributed by atoms with Crippen molar-refractivity contribution in [3.8, 4) is 0 Å². The molecule has 14 heavy (non-hydrogen) atoms. The predicted molar refractivity (Wildman–Crippen MR) is 44.8 cm³/mol. The predicted octanol–water partition coefficient (Wildman–Crippen LogP) is -0.514. The minimum Gasteiger partial charge on any atom is -0.453 e. The second kappa shape index (κ2) is 6.96. The van der Waals surface area contributed by atoms with Gasteiger partial charge in [-0.2, -0.15) is 0 Å². The molecule has 0 aliphatic rings. The molecule has 7 heteroatoms. The van der Waals surface area contributed by atoms with Crippen molar-refractivity contribution in [2.24, 2.45) is 0 Å². The van der Waals surface area contributed by atoms with Crippen molar-refractivity contribution < 1.29 is 28.9 Å². The van der Waals surface area contributed by atoms with E-state index in [1.165, 1.54) is 7.11 Å².